The standard InChI is InChI=1S/C12H24O2/c1-5-7-11(3)9(13)12(4,8-6-2)10(11)14/h9-10,13-14H,5-8H2,1-4H3. The Labute approximate surface area is 87.3 Å². The lowest BCUT2D eigenvalue weighted by atomic mass is 9.47. The molecule has 1 aliphatic carbocycles. The number of hydrogen-bond donors (Lipinski definition) is 2. The van der Waals surface area contributed by atoms with Gasteiger partial charge in [0.25, 0.3) is 0 Å². The third-order valence-electron chi connectivity index (χ3n) is 4.08. The van der Waals surface area contributed by atoms with Crippen molar-refractivity contribution in [2.24, 2.45) is 10.8 Å². The number of hydrogen-bond acceptors (Lipinski definition) is 2. The van der Waals surface area contributed by atoms with E-state index in [1.54, 1.807) is 0 Å². The molecule has 84 valence electrons. The Morgan fingerprint density at radius 3 is 1.36 bits per heavy atom. The predicted molar refractivity (Wildman–Crippen MR) is 58.0 cm³/mol. The summed E-state index contributed by atoms with van der Waals surface area (Å²) in [4.78, 5) is 0. The van der Waals surface area contributed by atoms with E-state index in [1.165, 1.54) is 0 Å². The van der Waals surface area contributed by atoms with E-state index >= 15 is 0 Å². The maximum atomic E-state index is 10.2. The minimum Gasteiger partial charge on any atom is -0.392 e. The van der Waals surface area contributed by atoms with Crippen molar-refractivity contribution in [1.82, 2.24) is 0 Å². The Morgan fingerprint density at radius 2 is 1.14 bits per heavy atom. The maximum Gasteiger partial charge on any atom is 0.0697 e. The van der Waals surface area contributed by atoms with Crippen LogP contribution in [0.15, 0.2) is 0 Å². The number of rotatable bonds is 4. The first-order chi connectivity index (χ1) is 6.43. The second kappa shape index (κ2) is 3.82. The lowest BCUT2D eigenvalue weighted by Crippen LogP contribution is -2.69. The molecular weight excluding hydrogens is 176 g/mol. The van der Waals surface area contributed by atoms with Crippen LogP contribution in [-0.4, -0.2) is 22.4 Å². The van der Waals surface area contributed by atoms with Crippen molar-refractivity contribution >= 4 is 0 Å². The SMILES string of the molecule is CCCC1(C)C(O)C(C)(CCC)C1O. The largest absolute Gasteiger partial charge is 0.392 e. The van der Waals surface area contributed by atoms with Gasteiger partial charge in [0.05, 0.1) is 12.2 Å². The second-order valence-electron chi connectivity index (χ2n) is 5.32. The van der Waals surface area contributed by atoms with Crippen molar-refractivity contribution in [2.75, 3.05) is 0 Å². The first kappa shape index (κ1) is 12.0. The quantitative estimate of drug-likeness (QED) is 0.731. The molecule has 0 radical (unpaired) electrons. The van der Waals surface area contributed by atoms with Gasteiger partial charge in [0.15, 0.2) is 0 Å². The molecule has 2 N–H and O–H groups in total. The highest BCUT2D eigenvalue weighted by atomic mass is 16.3. The van der Waals surface area contributed by atoms with Gasteiger partial charge in [-0.05, 0) is 12.8 Å². The van der Waals surface area contributed by atoms with Crippen molar-refractivity contribution in [3.63, 3.8) is 0 Å². The summed E-state index contributed by atoms with van der Waals surface area (Å²) in [6, 6.07) is 0. The molecule has 0 aromatic carbocycles. The van der Waals surface area contributed by atoms with E-state index in [-0.39, 0.29) is 23.0 Å². The Bertz CT molecular complexity index is 170. The smallest absolute Gasteiger partial charge is 0.0697 e. The maximum absolute atomic E-state index is 10.2. The van der Waals surface area contributed by atoms with Crippen molar-refractivity contribution in [3.05, 3.63) is 0 Å². The van der Waals surface area contributed by atoms with E-state index in [1.807, 2.05) is 13.8 Å². The Hall–Kier alpha value is -0.0800. The molecule has 0 aliphatic heterocycles. The highest BCUT2D eigenvalue weighted by molar-refractivity contribution is 5.13. The summed E-state index contributed by atoms with van der Waals surface area (Å²) in [6.07, 6.45) is 3.18. The minimum atomic E-state index is -0.343. The van der Waals surface area contributed by atoms with Gasteiger partial charge in [-0.25, -0.2) is 0 Å². The van der Waals surface area contributed by atoms with E-state index in [0.29, 0.717) is 0 Å². The van der Waals surface area contributed by atoms with Gasteiger partial charge in [-0.3, -0.25) is 0 Å². The molecule has 0 amide bonds. The third-order valence-corrected chi connectivity index (χ3v) is 4.08. The molecule has 0 bridgehead atoms. The van der Waals surface area contributed by atoms with E-state index in [0.717, 1.165) is 25.7 Å². The van der Waals surface area contributed by atoms with Crippen LogP contribution in [0, 0.1) is 10.8 Å². The van der Waals surface area contributed by atoms with Crippen LogP contribution >= 0.6 is 0 Å². The number of aliphatic hydroxyl groups is 2. The monoisotopic (exact) mass is 200 g/mol. The zero-order chi connectivity index (χ0) is 11.0. The molecule has 0 unspecified atom stereocenters. The molecule has 0 spiro atoms. The normalized spacial score (nSPS) is 47.6. The summed E-state index contributed by atoms with van der Waals surface area (Å²) in [5, 5.41) is 20.3. The molecule has 0 aromatic heterocycles. The van der Waals surface area contributed by atoms with Crippen LogP contribution in [0.3, 0.4) is 0 Å². The molecule has 0 aromatic rings. The zero-order valence-corrected chi connectivity index (χ0v) is 9.88. The van der Waals surface area contributed by atoms with Gasteiger partial charge in [-0.1, -0.05) is 40.5 Å². The van der Waals surface area contributed by atoms with Crippen molar-refractivity contribution in [1.29, 1.82) is 0 Å². The molecule has 1 fully saturated rings. The van der Waals surface area contributed by atoms with Gasteiger partial charge in [0.1, 0.15) is 0 Å². The topological polar surface area (TPSA) is 40.5 Å². The molecule has 2 heteroatoms. The van der Waals surface area contributed by atoms with Crippen LogP contribution < -0.4 is 0 Å². The van der Waals surface area contributed by atoms with Gasteiger partial charge in [0, 0.05) is 10.8 Å². The molecule has 1 saturated carbocycles. The fraction of sp³-hybridized carbons (Fsp3) is 1.00. The summed E-state index contributed by atoms with van der Waals surface area (Å²) >= 11 is 0. The average molecular weight is 200 g/mol. The van der Waals surface area contributed by atoms with Crippen molar-refractivity contribution < 1.29 is 10.2 Å². The first-order valence-electron chi connectivity index (χ1n) is 5.79. The molecule has 2 nitrogen and oxygen atoms in total. The lowest BCUT2D eigenvalue weighted by Gasteiger charge is -2.62. The van der Waals surface area contributed by atoms with Gasteiger partial charge in [-0.15, -0.1) is 0 Å². The van der Waals surface area contributed by atoms with Gasteiger partial charge < -0.3 is 10.2 Å². The highest BCUT2D eigenvalue weighted by Gasteiger charge is 2.64. The van der Waals surface area contributed by atoms with Gasteiger partial charge in [-0.2, -0.15) is 0 Å². The Morgan fingerprint density at radius 1 is 0.857 bits per heavy atom. The van der Waals surface area contributed by atoms with Crippen LogP contribution in [0.2, 0.25) is 0 Å². The Kier molecular flexibility index (Phi) is 3.27. The summed E-state index contributed by atoms with van der Waals surface area (Å²) in [7, 11) is 0. The lowest BCUT2D eigenvalue weighted by molar-refractivity contribution is -0.268. The molecule has 0 atom stereocenters. The summed E-state index contributed by atoms with van der Waals surface area (Å²) in [6.45, 7) is 8.20. The van der Waals surface area contributed by atoms with E-state index in [4.69, 9.17) is 0 Å². The molecule has 0 heterocycles. The molecule has 14 heavy (non-hydrogen) atoms. The van der Waals surface area contributed by atoms with Gasteiger partial charge >= 0.3 is 0 Å². The minimum absolute atomic E-state index is 0.265. The molecule has 1 rings (SSSR count). The van der Waals surface area contributed by atoms with Crippen LogP contribution in [0.4, 0.5) is 0 Å². The fourth-order valence-electron chi connectivity index (χ4n) is 3.33. The first-order valence-corrected chi connectivity index (χ1v) is 5.79. The third kappa shape index (κ3) is 1.40. The number of aliphatic hydroxyl groups excluding tert-OH is 2. The molecule has 0 saturated heterocycles. The fourth-order valence-corrected chi connectivity index (χ4v) is 3.33. The Balaban J connectivity index is 2.73. The average Bonchev–Trinajstić information content (AvgIpc) is 2.16. The van der Waals surface area contributed by atoms with E-state index < -0.39 is 0 Å². The summed E-state index contributed by atoms with van der Waals surface area (Å²) < 4.78 is 0. The van der Waals surface area contributed by atoms with Crippen LogP contribution in [0.5, 0.6) is 0 Å². The zero-order valence-electron chi connectivity index (χ0n) is 9.88. The van der Waals surface area contributed by atoms with E-state index in [9.17, 15) is 10.2 Å². The highest BCUT2D eigenvalue weighted by Crippen LogP contribution is 2.58. The van der Waals surface area contributed by atoms with Crippen molar-refractivity contribution in [3.8, 4) is 0 Å². The summed E-state index contributed by atoms with van der Waals surface area (Å²) in [5.74, 6) is 0. The van der Waals surface area contributed by atoms with E-state index in [2.05, 4.69) is 13.8 Å². The van der Waals surface area contributed by atoms with Crippen molar-refractivity contribution in [2.45, 2.75) is 65.6 Å². The molecular formula is C12H24O2. The molecule has 1 aliphatic rings. The second-order valence-corrected chi connectivity index (χ2v) is 5.32. The van der Waals surface area contributed by atoms with Crippen LogP contribution in [0.1, 0.15) is 53.4 Å². The van der Waals surface area contributed by atoms with Gasteiger partial charge in [0.2, 0.25) is 0 Å². The van der Waals surface area contributed by atoms with Crippen LogP contribution in [0.25, 0.3) is 0 Å². The summed E-state index contributed by atoms with van der Waals surface area (Å²) in [5.41, 5.74) is -0.530. The van der Waals surface area contributed by atoms with Crippen LogP contribution in [-0.2, 0) is 0 Å². The predicted octanol–water partition coefficient (Wildman–Crippen LogP) is 2.33.